The Labute approximate surface area is 184 Å². The lowest BCUT2D eigenvalue weighted by atomic mass is 10.1. The number of hydrogen-bond acceptors (Lipinski definition) is 8. The van der Waals surface area contributed by atoms with Crippen LogP contribution in [0.25, 0.3) is 11.1 Å². The van der Waals surface area contributed by atoms with E-state index in [0.717, 1.165) is 4.47 Å². The van der Waals surface area contributed by atoms with Gasteiger partial charge in [-0.3, -0.25) is 0 Å². The van der Waals surface area contributed by atoms with Crippen molar-refractivity contribution in [3.63, 3.8) is 0 Å². The zero-order valence-corrected chi connectivity index (χ0v) is 18.3. The van der Waals surface area contributed by atoms with Gasteiger partial charge in [-0.05, 0) is 56.1 Å². The first-order valence-corrected chi connectivity index (χ1v) is 9.29. The van der Waals surface area contributed by atoms with Gasteiger partial charge in [-0.15, -0.1) is 0 Å². The summed E-state index contributed by atoms with van der Waals surface area (Å²) in [5.74, 6) is -0.619. The molecule has 29 heavy (non-hydrogen) atoms. The lowest BCUT2D eigenvalue weighted by Gasteiger charge is -2.06. The van der Waals surface area contributed by atoms with Crippen LogP contribution in [0.4, 0.5) is 5.69 Å². The number of fused-ring (bicyclic) bond motifs is 1. The summed E-state index contributed by atoms with van der Waals surface area (Å²) in [5.41, 5.74) is 7.15. The number of methoxy groups -OCH3 is 2. The Bertz CT molecular complexity index is 1050. The highest BCUT2D eigenvalue weighted by Gasteiger charge is 2.17. The quantitative estimate of drug-likeness (QED) is 0.273. The Morgan fingerprint density at radius 1 is 1.03 bits per heavy atom. The van der Waals surface area contributed by atoms with Crippen LogP contribution in [0.2, 0.25) is 0 Å². The predicted octanol–water partition coefficient (Wildman–Crippen LogP) is 4.84. The van der Waals surface area contributed by atoms with Crippen molar-refractivity contribution < 1.29 is 28.6 Å². The Kier molecular flexibility index (Phi) is 8.65. The predicted molar refractivity (Wildman–Crippen MR) is 116 cm³/mol. The van der Waals surface area contributed by atoms with Crippen LogP contribution in [0.15, 0.2) is 37.6 Å². The Balaban J connectivity index is 0.000000284. The molecule has 0 aliphatic heterocycles. The number of halogens is 2. The SMILES string of the molecule is C.COC(=O)c1ccc(Br)c(O)c1N.COC(=O)c1ccc(Br)c2oc(C)nc12. The standard InChI is InChI=1S/C10H8BrNO3.C8H8BrNO3.CH4/c1-5-12-8-6(10(13)14-2)3-4-7(11)9(8)15-5;1-13-8(12)4-2-3-5(9)7(11)6(4)10;/h3-4H,1-2H3;2-3,11H,10H2,1H3;1H4. The first-order valence-electron chi connectivity index (χ1n) is 7.70. The van der Waals surface area contributed by atoms with E-state index in [1.165, 1.54) is 26.4 Å². The van der Waals surface area contributed by atoms with Crippen LogP contribution in [0.5, 0.6) is 5.75 Å². The van der Waals surface area contributed by atoms with E-state index in [9.17, 15) is 14.7 Å². The van der Waals surface area contributed by atoms with Crippen LogP contribution >= 0.6 is 31.9 Å². The van der Waals surface area contributed by atoms with E-state index in [4.69, 9.17) is 10.2 Å². The molecule has 0 radical (unpaired) electrons. The number of phenols is 1. The molecular formula is C19H20Br2N2O6. The van der Waals surface area contributed by atoms with E-state index in [0.29, 0.717) is 27.0 Å². The van der Waals surface area contributed by atoms with Crippen molar-refractivity contribution in [1.82, 2.24) is 4.98 Å². The monoisotopic (exact) mass is 530 g/mol. The molecule has 0 unspecified atom stereocenters. The minimum Gasteiger partial charge on any atom is -0.505 e. The molecule has 0 spiro atoms. The Morgan fingerprint density at radius 3 is 2.14 bits per heavy atom. The van der Waals surface area contributed by atoms with Crippen molar-refractivity contribution in [2.24, 2.45) is 0 Å². The number of nitrogens with zero attached hydrogens (tertiary/aromatic N) is 1. The summed E-state index contributed by atoms with van der Waals surface area (Å²) in [6.45, 7) is 1.73. The summed E-state index contributed by atoms with van der Waals surface area (Å²) < 4.78 is 15.7. The number of hydrogen-bond donors (Lipinski definition) is 2. The lowest BCUT2D eigenvalue weighted by molar-refractivity contribution is 0.0593. The second kappa shape index (κ2) is 10.3. The van der Waals surface area contributed by atoms with Crippen LogP contribution in [0, 0.1) is 6.92 Å². The molecule has 156 valence electrons. The third-order valence-corrected chi connectivity index (χ3v) is 4.85. The van der Waals surface area contributed by atoms with Crippen LogP contribution in [-0.4, -0.2) is 36.2 Å². The van der Waals surface area contributed by atoms with Crippen molar-refractivity contribution >= 4 is 60.6 Å². The Morgan fingerprint density at radius 2 is 1.55 bits per heavy atom. The largest absolute Gasteiger partial charge is 0.505 e. The van der Waals surface area contributed by atoms with Gasteiger partial charge < -0.3 is 24.7 Å². The minimum atomic E-state index is -0.569. The summed E-state index contributed by atoms with van der Waals surface area (Å²) in [5, 5.41) is 9.35. The number of nitrogens with two attached hydrogens (primary N) is 1. The normalized spacial score (nSPS) is 9.83. The number of carbonyl (C=O) groups excluding carboxylic acids is 2. The minimum absolute atomic E-state index is 0. The number of rotatable bonds is 2. The van der Waals surface area contributed by atoms with Crippen LogP contribution in [0.3, 0.4) is 0 Å². The van der Waals surface area contributed by atoms with Crippen molar-refractivity contribution in [2.75, 3.05) is 20.0 Å². The van der Waals surface area contributed by atoms with Gasteiger partial charge in [0.05, 0.1) is 40.0 Å². The van der Waals surface area contributed by atoms with E-state index in [1.54, 1.807) is 19.1 Å². The maximum absolute atomic E-state index is 11.4. The highest BCUT2D eigenvalue weighted by atomic mass is 79.9. The maximum Gasteiger partial charge on any atom is 0.340 e. The molecule has 10 heteroatoms. The summed E-state index contributed by atoms with van der Waals surface area (Å²) in [4.78, 5) is 26.6. The summed E-state index contributed by atoms with van der Waals surface area (Å²) in [7, 11) is 2.59. The zero-order chi connectivity index (χ0) is 21.0. The molecule has 3 N–H and O–H groups in total. The molecule has 0 saturated carbocycles. The molecule has 0 atom stereocenters. The number of aromatic hydroxyl groups is 1. The molecular weight excluding hydrogens is 512 g/mol. The van der Waals surface area contributed by atoms with Crippen molar-refractivity contribution in [2.45, 2.75) is 14.4 Å². The van der Waals surface area contributed by atoms with E-state index >= 15 is 0 Å². The maximum atomic E-state index is 11.4. The molecule has 0 aliphatic rings. The molecule has 1 heterocycles. The molecule has 3 aromatic rings. The van der Waals surface area contributed by atoms with Crippen molar-refractivity contribution in [3.8, 4) is 5.75 Å². The molecule has 1 aromatic heterocycles. The molecule has 3 rings (SSSR count). The number of oxazole rings is 1. The topological polar surface area (TPSA) is 125 Å². The summed E-state index contributed by atoms with van der Waals surface area (Å²) >= 11 is 6.40. The van der Waals surface area contributed by atoms with Crippen LogP contribution in [0.1, 0.15) is 34.0 Å². The number of ether oxygens (including phenoxy) is 2. The van der Waals surface area contributed by atoms with Crippen LogP contribution < -0.4 is 5.73 Å². The number of anilines is 1. The molecule has 0 aliphatic carbocycles. The molecule has 8 nitrogen and oxygen atoms in total. The fourth-order valence-electron chi connectivity index (χ4n) is 2.23. The van der Waals surface area contributed by atoms with Gasteiger partial charge in [-0.25, -0.2) is 14.6 Å². The highest BCUT2D eigenvalue weighted by molar-refractivity contribution is 9.11. The second-order valence-corrected chi connectivity index (χ2v) is 7.05. The number of aryl methyl sites for hydroxylation is 1. The fourth-order valence-corrected chi connectivity index (χ4v) is 2.97. The number of esters is 2. The van der Waals surface area contributed by atoms with E-state index in [2.05, 4.69) is 46.3 Å². The third kappa shape index (κ3) is 5.27. The van der Waals surface area contributed by atoms with Crippen LogP contribution in [-0.2, 0) is 9.47 Å². The zero-order valence-electron chi connectivity index (χ0n) is 15.1. The number of phenolic OH excluding ortho intramolecular Hbond substituents is 1. The summed E-state index contributed by atoms with van der Waals surface area (Å²) in [6.07, 6.45) is 0. The van der Waals surface area contributed by atoms with Gasteiger partial charge in [0, 0.05) is 6.92 Å². The van der Waals surface area contributed by atoms with E-state index < -0.39 is 11.9 Å². The van der Waals surface area contributed by atoms with Gasteiger partial charge in [0.1, 0.15) is 5.52 Å². The highest BCUT2D eigenvalue weighted by Crippen LogP contribution is 2.32. The molecule has 0 bridgehead atoms. The molecule has 0 fully saturated rings. The third-order valence-electron chi connectivity index (χ3n) is 3.58. The van der Waals surface area contributed by atoms with Gasteiger partial charge in [0.25, 0.3) is 0 Å². The molecule has 0 saturated heterocycles. The lowest BCUT2D eigenvalue weighted by Crippen LogP contribution is -2.05. The van der Waals surface area contributed by atoms with Gasteiger partial charge in [0.15, 0.2) is 17.2 Å². The van der Waals surface area contributed by atoms with Gasteiger partial charge in [-0.1, -0.05) is 7.43 Å². The molecule has 2 aromatic carbocycles. The van der Waals surface area contributed by atoms with Gasteiger partial charge >= 0.3 is 11.9 Å². The first kappa shape index (κ1) is 24.4. The van der Waals surface area contributed by atoms with E-state index in [-0.39, 0.29) is 24.4 Å². The smallest absolute Gasteiger partial charge is 0.340 e. The van der Waals surface area contributed by atoms with Crippen molar-refractivity contribution in [1.29, 1.82) is 0 Å². The average molecular weight is 532 g/mol. The number of benzene rings is 2. The average Bonchev–Trinajstić information content (AvgIpc) is 3.08. The van der Waals surface area contributed by atoms with Gasteiger partial charge in [-0.2, -0.15) is 0 Å². The number of aromatic nitrogens is 1. The number of carbonyl (C=O) groups is 2. The Hall–Kier alpha value is -2.59. The van der Waals surface area contributed by atoms with E-state index in [1.807, 2.05) is 0 Å². The second-order valence-electron chi connectivity index (χ2n) is 5.35. The number of nitrogen functional groups attached to an aromatic ring is 1. The summed E-state index contributed by atoms with van der Waals surface area (Å²) in [6, 6.07) is 6.39. The fraction of sp³-hybridized carbons (Fsp3) is 0.211. The molecule has 0 amide bonds. The van der Waals surface area contributed by atoms with Crippen molar-refractivity contribution in [3.05, 3.63) is 50.2 Å². The van der Waals surface area contributed by atoms with Gasteiger partial charge in [0.2, 0.25) is 0 Å². The first-order chi connectivity index (χ1) is 13.2.